The molecule has 1 amide bonds. The van der Waals surface area contributed by atoms with E-state index in [1.165, 1.54) is 0 Å². The fraction of sp³-hybridized carbons (Fsp3) is 0.526. The predicted molar refractivity (Wildman–Crippen MR) is 94.8 cm³/mol. The molecule has 5 heteroatoms. The van der Waals surface area contributed by atoms with Crippen molar-refractivity contribution in [3.63, 3.8) is 0 Å². The highest BCUT2D eigenvalue weighted by Gasteiger charge is 2.22. The number of hydrogen-bond donors (Lipinski definition) is 1. The van der Waals surface area contributed by atoms with E-state index in [0.717, 1.165) is 53.9 Å². The standard InChI is InChI=1S/C19H26N2O3/c1-4-21-17-9-8-14(23-5-2)11-16(17)13(3)18(21)19(22)20-12-15-7-6-10-24-15/h8-9,11,15H,4-7,10,12H2,1-3H3,(H,20,22). The van der Waals surface area contributed by atoms with Crippen LogP contribution in [0.2, 0.25) is 0 Å². The summed E-state index contributed by atoms with van der Waals surface area (Å²) in [4.78, 5) is 12.8. The summed E-state index contributed by atoms with van der Waals surface area (Å²) < 4.78 is 13.3. The molecule has 0 saturated carbocycles. The minimum atomic E-state index is -0.0287. The number of rotatable bonds is 6. The molecule has 2 aromatic rings. The molecule has 0 radical (unpaired) electrons. The number of nitrogens with one attached hydrogen (secondary N) is 1. The zero-order valence-corrected chi connectivity index (χ0v) is 14.7. The minimum Gasteiger partial charge on any atom is -0.494 e. The second-order valence-electron chi connectivity index (χ2n) is 6.17. The number of carbonyl (C=O) groups is 1. The second kappa shape index (κ2) is 7.26. The van der Waals surface area contributed by atoms with E-state index in [-0.39, 0.29) is 12.0 Å². The van der Waals surface area contributed by atoms with Crippen LogP contribution < -0.4 is 10.1 Å². The van der Waals surface area contributed by atoms with Crippen molar-refractivity contribution < 1.29 is 14.3 Å². The molecule has 0 spiro atoms. The van der Waals surface area contributed by atoms with Crippen molar-refractivity contribution in [1.82, 2.24) is 9.88 Å². The van der Waals surface area contributed by atoms with Crippen molar-refractivity contribution in [2.45, 2.75) is 46.3 Å². The lowest BCUT2D eigenvalue weighted by molar-refractivity contribution is 0.0850. The molecule has 0 aliphatic carbocycles. The van der Waals surface area contributed by atoms with Gasteiger partial charge < -0.3 is 19.4 Å². The van der Waals surface area contributed by atoms with Crippen LogP contribution in [0.5, 0.6) is 5.75 Å². The maximum Gasteiger partial charge on any atom is 0.268 e. The lowest BCUT2D eigenvalue weighted by atomic mass is 10.1. The average molecular weight is 330 g/mol. The summed E-state index contributed by atoms with van der Waals surface area (Å²) in [6.07, 6.45) is 2.25. The van der Waals surface area contributed by atoms with Crippen LogP contribution >= 0.6 is 0 Å². The van der Waals surface area contributed by atoms with Gasteiger partial charge in [0.1, 0.15) is 11.4 Å². The molecule has 1 unspecified atom stereocenters. The van der Waals surface area contributed by atoms with Gasteiger partial charge in [0, 0.05) is 30.6 Å². The van der Waals surface area contributed by atoms with Crippen molar-refractivity contribution in [1.29, 1.82) is 0 Å². The Labute approximate surface area is 142 Å². The van der Waals surface area contributed by atoms with E-state index >= 15 is 0 Å². The maximum atomic E-state index is 12.8. The van der Waals surface area contributed by atoms with E-state index in [4.69, 9.17) is 9.47 Å². The molecule has 1 N–H and O–H groups in total. The Kier molecular flexibility index (Phi) is 5.09. The molecular weight excluding hydrogens is 304 g/mol. The second-order valence-corrected chi connectivity index (χ2v) is 6.17. The third-order valence-electron chi connectivity index (χ3n) is 4.64. The van der Waals surface area contributed by atoms with Crippen molar-refractivity contribution in [3.05, 3.63) is 29.5 Å². The third kappa shape index (κ3) is 3.13. The monoisotopic (exact) mass is 330 g/mol. The molecule has 1 aromatic carbocycles. The molecule has 1 fully saturated rings. The van der Waals surface area contributed by atoms with Gasteiger partial charge in [0.05, 0.1) is 12.7 Å². The summed E-state index contributed by atoms with van der Waals surface area (Å²) in [7, 11) is 0. The summed E-state index contributed by atoms with van der Waals surface area (Å²) in [5.74, 6) is 0.812. The zero-order valence-electron chi connectivity index (χ0n) is 14.7. The number of amides is 1. The van der Waals surface area contributed by atoms with Gasteiger partial charge >= 0.3 is 0 Å². The Morgan fingerprint density at radius 1 is 1.42 bits per heavy atom. The first-order valence-electron chi connectivity index (χ1n) is 8.81. The minimum absolute atomic E-state index is 0.0287. The number of aromatic nitrogens is 1. The van der Waals surface area contributed by atoms with E-state index in [1.54, 1.807) is 0 Å². The fourth-order valence-electron chi connectivity index (χ4n) is 3.47. The van der Waals surface area contributed by atoms with Crippen LogP contribution in [0, 0.1) is 6.92 Å². The van der Waals surface area contributed by atoms with Crippen LogP contribution in [0.1, 0.15) is 42.7 Å². The van der Waals surface area contributed by atoms with Gasteiger partial charge in [-0.25, -0.2) is 0 Å². The van der Waals surface area contributed by atoms with Crippen LogP contribution in [0.25, 0.3) is 10.9 Å². The number of aryl methyl sites for hydroxylation is 2. The number of nitrogens with zero attached hydrogens (tertiary/aromatic N) is 1. The summed E-state index contributed by atoms with van der Waals surface area (Å²) in [6.45, 7) is 8.80. The van der Waals surface area contributed by atoms with Crippen molar-refractivity contribution in [2.75, 3.05) is 19.8 Å². The lowest BCUT2D eigenvalue weighted by Crippen LogP contribution is -2.33. The lowest BCUT2D eigenvalue weighted by Gasteiger charge is -2.13. The fourth-order valence-corrected chi connectivity index (χ4v) is 3.47. The summed E-state index contributed by atoms with van der Waals surface area (Å²) in [5, 5.41) is 4.12. The van der Waals surface area contributed by atoms with Gasteiger partial charge in [0.15, 0.2) is 0 Å². The van der Waals surface area contributed by atoms with Crippen molar-refractivity contribution in [2.24, 2.45) is 0 Å². The van der Waals surface area contributed by atoms with Gasteiger partial charge in [-0.05, 0) is 57.4 Å². The smallest absolute Gasteiger partial charge is 0.268 e. The SMILES string of the molecule is CCOc1ccc2c(c1)c(C)c(C(=O)NCC1CCCO1)n2CC. The van der Waals surface area contributed by atoms with Crippen molar-refractivity contribution >= 4 is 16.8 Å². The first-order valence-corrected chi connectivity index (χ1v) is 8.81. The number of benzene rings is 1. The summed E-state index contributed by atoms with van der Waals surface area (Å²) >= 11 is 0. The van der Waals surface area contributed by atoms with E-state index in [1.807, 2.05) is 32.0 Å². The summed E-state index contributed by atoms with van der Waals surface area (Å²) in [5.41, 5.74) is 2.80. The van der Waals surface area contributed by atoms with E-state index in [2.05, 4.69) is 16.8 Å². The molecule has 1 atom stereocenters. The number of fused-ring (bicyclic) bond motifs is 1. The van der Waals surface area contributed by atoms with E-state index in [9.17, 15) is 4.79 Å². The number of hydrogen-bond acceptors (Lipinski definition) is 3. The van der Waals surface area contributed by atoms with Gasteiger partial charge in [-0.15, -0.1) is 0 Å². The predicted octanol–water partition coefficient (Wildman–Crippen LogP) is 3.28. The molecule has 0 bridgehead atoms. The molecule has 130 valence electrons. The van der Waals surface area contributed by atoms with Gasteiger partial charge in [0.25, 0.3) is 5.91 Å². The zero-order chi connectivity index (χ0) is 17.1. The highest BCUT2D eigenvalue weighted by Crippen LogP contribution is 2.29. The molecule has 1 saturated heterocycles. The first-order chi connectivity index (χ1) is 11.7. The van der Waals surface area contributed by atoms with Gasteiger partial charge in [-0.3, -0.25) is 4.79 Å². The maximum absolute atomic E-state index is 12.8. The topological polar surface area (TPSA) is 52.5 Å². The molecular formula is C19H26N2O3. The van der Waals surface area contributed by atoms with E-state index in [0.29, 0.717) is 13.2 Å². The van der Waals surface area contributed by atoms with Crippen molar-refractivity contribution in [3.8, 4) is 5.75 Å². The van der Waals surface area contributed by atoms with Crippen LogP contribution in [0.15, 0.2) is 18.2 Å². The van der Waals surface area contributed by atoms with Crippen LogP contribution in [0.4, 0.5) is 0 Å². The quantitative estimate of drug-likeness (QED) is 0.884. The Balaban J connectivity index is 1.90. The van der Waals surface area contributed by atoms with Crippen LogP contribution in [0.3, 0.4) is 0 Å². The molecule has 1 aliphatic heterocycles. The first kappa shape index (κ1) is 16.8. The molecule has 2 heterocycles. The summed E-state index contributed by atoms with van der Waals surface area (Å²) in [6, 6.07) is 6.02. The van der Waals surface area contributed by atoms with Crippen LogP contribution in [-0.4, -0.2) is 36.3 Å². The molecule has 5 nitrogen and oxygen atoms in total. The normalized spacial score (nSPS) is 17.4. The number of ether oxygens (including phenoxy) is 2. The van der Waals surface area contributed by atoms with E-state index < -0.39 is 0 Å². The Morgan fingerprint density at radius 2 is 2.25 bits per heavy atom. The van der Waals surface area contributed by atoms with Gasteiger partial charge in [0.2, 0.25) is 0 Å². The Hall–Kier alpha value is -2.01. The van der Waals surface area contributed by atoms with Gasteiger partial charge in [-0.2, -0.15) is 0 Å². The highest BCUT2D eigenvalue weighted by molar-refractivity contribution is 6.02. The molecule has 1 aliphatic rings. The Morgan fingerprint density at radius 3 is 2.92 bits per heavy atom. The van der Waals surface area contributed by atoms with Crippen LogP contribution in [-0.2, 0) is 11.3 Å². The highest BCUT2D eigenvalue weighted by atomic mass is 16.5. The molecule has 24 heavy (non-hydrogen) atoms. The molecule has 3 rings (SSSR count). The number of carbonyl (C=O) groups excluding carboxylic acids is 1. The average Bonchev–Trinajstić information content (AvgIpc) is 3.19. The third-order valence-corrected chi connectivity index (χ3v) is 4.64. The Bertz CT molecular complexity index is 730. The molecule has 1 aromatic heterocycles. The van der Waals surface area contributed by atoms with Gasteiger partial charge in [-0.1, -0.05) is 0 Å². The largest absolute Gasteiger partial charge is 0.494 e.